The lowest BCUT2D eigenvalue weighted by atomic mass is 10.1. The maximum absolute atomic E-state index is 12.3. The minimum Gasteiger partial charge on any atom is -0.744 e. The Morgan fingerprint density at radius 3 is 1.77 bits per heavy atom. The number of amides is 2. The van der Waals surface area contributed by atoms with Crippen LogP contribution in [0.1, 0.15) is 154 Å². The quantitative estimate of drug-likeness (QED) is 0.0601. The maximum atomic E-state index is 12.3. The Kier molecular flexibility index (Phi) is 23.8. The molecule has 1 aromatic rings. The molecular weight excluding hydrogens is 611 g/mol. The monoisotopic (exact) mass is 679 g/mol. The molecule has 0 aromatic heterocycles. The fourth-order valence-corrected chi connectivity index (χ4v) is 6.69. The fourth-order valence-electron chi connectivity index (χ4n) is 6.22. The van der Waals surface area contributed by atoms with E-state index in [0.717, 1.165) is 62.2 Å². The van der Waals surface area contributed by atoms with Crippen molar-refractivity contribution in [1.82, 2.24) is 10.2 Å². The van der Waals surface area contributed by atoms with Gasteiger partial charge in [0.05, 0.1) is 25.0 Å². The molecule has 0 bridgehead atoms. The summed E-state index contributed by atoms with van der Waals surface area (Å²) in [7, 11) is -1.95. The Labute approximate surface area is 288 Å². The number of carbonyl (C=O) groups excluding carboxylic acids is 2. The summed E-state index contributed by atoms with van der Waals surface area (Å²) in [5, 5.41) is 3.15. The van der Waals surface area contributed by atoms with Crippen LogP contribution >= 0.6 is 0 Å². The highest BCUT2D eigenvalue weighted by Gasteiger charge is 2.29. The lowest BCUT2D eigenvalue weighted by Crippen LogP contribution is -2.53. The van der Waals surface area contributed by atoms with Gasteiger partial charge in [-0.15, -0.1) is 0 Å². The van der Waals surface area contributed by atoms with Gasteiger partial charge in [0.25, 0.3) is 0 Å². The van der Waals surface area contributed by atoms with Gasteiger partial charge in [-0.1, -0.05) is 121 Å². The van der Waals surface area contributed by atoms with Crippen molar-refractivity contribution < 1.29 is 27.0 Å². The Morgan fingerprint density at radius 2 is 1.28 bits per heavy atom. The Balaban J connectivity index is 0.000000841. The highest BCUT2D eigenvalue weighted by Crippen LogP contribution is 2.17. The van der Waals surface area contributed by atoms with E-state index in [0.29, 0.717) is 18.7 Å². The average Bonchev–Trinajstić information content (AvgIpc) is 3.43. The molecule has 2 rings (SSSR count). The molecule has 1 aromatic carbocycles. The number of aryl methyl sites for hydroxylation is 1. The summed E-state index contributed by atoms with van der Waals surface area (Å²) >= 11 is 0. The number of hydrogen-bond acceptors (Lipinski definition) is 5. The van der Waals surface area contributed by atoms with Crippen LogP contribution in [0.25, 0.3) is 0 Å². The molecule has 1 aliphatic heterocycles. The molecule has 47 heavy (non-hydrogen) atoms. The summed E-state index contributed by atoms with van der Waals surface area (Å²) in [6, 6.07) is 5.78. The number of benzene rings is 1. The topological polar surface area (TPSA) is 107 Å². The first-order chi connectivity index (χ1) is 22.5. The molecule has 1 aliphatic rings. The third-order valence-corrected chi connectivity index (χ3v) is 10.1. The molecule has 2 amide bonds. The number of carbonyl (C=O) groups is 2. The molecule has 0 spiro atoms. The number of unbranched alkanes of at least 4 members (excludes halogenated alkanes) is 15. The van der Waals surface area contributed by atoms with Crippen molar-refractivity contribution in [1.29, 1.82) is 0 Å². The molecule has 8 nitrogen and oxygen atoms in total. The number of rotatable bonds is 26. The first kappa shape index (κ1) is 43.1. The zero-order valence-corrected chi connectivity index (χ0v) is 31.4. The van der Waals surface area contributed by atoms with E-state index in [1.165, 1.54) is 115 Å². The van der Waals surface area contributed by atoms with E-state index in [2.05, 4.69) is 31.1 Å². The van der Waals surface area contributed by atoms with Crippen LogP contribution in [0, 0.1) is 6.92 Å². The highest BCUT2D eigenvalue weighted by atomic mass is 32.2. The van der Waals surface area contributed by atoms with Gasteiger partial charge in [-0.2, -0.15) is 0 Å². The Bertz CT molecular complexity index is 1060. The van der Waals surface area contributed by atoms with Crippen LogP contribution < -0.4 is 5.32 Å². The van der Waals surface area contributed by atoms with Crippen LogP contribution in [-0.4, -0.2) is 74.1 Å². The van der Waals surface area contributed by atoms with Crippen molar-refractivity contribution >= 4 is 21.9 Å². The molecule has 1 saturated heterocycles. The van der Waals surface area contributed by atoms with Crippen LogP contribution in [0.5, 0.6) is 0 Å². The van der Waals surface area contributed by atoms with Crippen LogP contribution in [0.2, 0.25) is 0 Å². The number of nitrogens with one attached hydrogen (secondary N) is 1. The Hall–Kier alpha value is -1.97. The third-order valence-electron chi connectivity index (χ3n) is 9.25. The van der Waals surface area contributed by atoms with E-state index in [4.69, 9.17) is 0 Å². The minimum absolute atomic E-state index is 0.178. The smallest absolute Gasteiger partial charge is 0.226 e. The minimum atomic E-state index is -4.27. The number of quaternary nitrogens is 1. The van der Waals surface area contributed by atoms with Gasteiger partial charge >= 0.3 is 0 Å². The normalized spacial score (nSPS) is 14.5. The molecule has 0 aliphatic carbocycles. The summed E-state index contributed by atoms with van der Waals surface area (Å²) in [6.45, 7) is 11.0. The summed E-state index contributed by atoms with van der Waals surface area (Å²) in [5.41, 5.74) is 0.928. The zero-order chi connectivity index (χ0) is 34.8. The summed E-state index contributed by atoms with van der Waals surface area (Å²) in [5.74, 6) is 0.537. The maximum Gasteiger partial charge on any atom is 0.226 e. The van der Waals surface area contributed by atoms with Crippen molar-refractivity contribution in [2.24, 2.45) is 0 Å². The first-order valence-electron chi connectivity index (χ1n) is 18.9. The number of nitrogens with zero attached hydrogens (tertiary/aromatic N) is 2. The molecule has 1 heterocycles. The summed E-state index contributed by atoms with van der Waals surface area (Å²) in [6.07, 6.45) is 25.6. The predicted molar refractivity (Wildman–Crippen MR) is 193 cm³/mol. The van der Waals surface area contributed by atoms with Crippen molar-refractivity contribution in [3.63, 3.8) is 0 Å². The van der Waals surface area contributed by atoms with Gasteiger partial charge in [0.15, 0.2) is 6.67 Å². The second-order valence-corrected chi connectivity index (χ2v) is 15.4. The first-order valence-corrected chi connectivity index (χ1v) is 20.3. The van der Waals surface area contributed by atoms with Crippen LogP contribution in [0.15, 0.2) is 29.2 Å². The SMILES string of the molecule is CCCCCCCCCCCC(=O)NCCC[N+](C)(CCCCCCCCCC)CN1CCCC1=O.Cc1ccc(S(=O)(=O)[O-])cc1. The van der Waals surface area contributed by atoms with Gasteiger partial charge in [0.1, 0.15) is 10.1 Å². The largest absolute Gasteiger partial charge is 0.744 e. The predicted octanol–water partition coefficient (Wildman–Crippen LogP) is 8.48. The van der Waals surface area contributed by atoms with E-state index in [1.54, 1.807) is 12.1 Å². The van der Waals surface area contributed by atoms with Gasteiger partial charge in [-0.05, 0) is 44.7 Å². The zero-order valence-electron chi connectivity index (χ0n) is 30.5. The summed E-state index contributed by atoms with van der Waals surface area (Å²) in [4.78, 5) is 26.4. The van der Waals surface area contributed by atoms with Gasteiger partial charge < -0.3 is 14.4 Å². The van der Waals surface area contributed by atoms with Crippen LogP contribution in [0.4, 0.5) is 0 Å². The van der Waals surface area contributed by atoms with Gasteiger partial charge in [-0.3, -0.25) is 14.5 Å². The van der Waals surface area contributed by atoms with E-state index in [-0.39, 0.29) is 10.8 Å². The summed E-state index contributed by atoms with van der Waals surface area (Å²) < 4.78 is 32.1. The molecule has 0 saturated carbocycles. The Morgan fingerprint density at radius 1 is 0.787 bits per heavy atom. The van der Waals surface area contributed by atoms with Gasteiger partial charge in [-0.25, -0.2) is 8.42 Å². The third kappa shape index (κ3) is 22.3. The van der Waals surface area contributed by atoms with Crippen molar-refractivity contribution in [2.75, 3.05) is 39.9 Å². The standard InChI is InChI=1S/C31H61N3O2.C7H8O3S/c1-4-6-8-10-12-14-15-17-19-23-30(35)32-25-22-28-34(3,29-33-26-21-24-31(33)36)27-20-18-16-13-11-9-7-5-2;1-6-2-4-7(5-3-6)11(8,9)10/h4-29H2,1-3H3;2-5H,1H3,(H,8,9,10). The van der Waals surface area contributed by atoms with Crippen molar-refractivity contribution in [2.45, 2.75) is 161 Å². The number of likely N-dealkylation sites (tertiary alicyclic amines) is 1. The molecule has 9 heteroatoms. The highest BCUT2D eigenvalue weighted by molar-refractivity contribution is 7.85. The fraction of sp³-hybridized carbons (Fsp3) is 0.789. The molecule has 0 radical (unpaired) electrons. The van der Waals surface area contributed by atoms with Crippen molar-refractivity contribution in [3.8, 4) is 0 Å². The van der Waals surface area contributed by atoms with E-state index in [9.17, 15) is 22.6 Å². The van der Waals surface area contributed by atoms with E-state index in [1.807, 2.05) is 6.92 Å². The lowest BCUT2D eigenvalue weighted by Gasteiger charge is -2.38. The molecule has 272 valence electrons. The second kappa shape index (κ2) is 26.0. The van der Waals surface area contributed by atoms with E-state index < -0.39 is 10.1 Å². The molecule has 1 fully saturated rings. The van der Waals surface area contributed by atoms with Gasteiger partial charge in [0.2, 0.25) is 11.8 Å². The molecule has 1 N–H and O–H groups in total. The van der Waals surface area contributed by atoms with Crippen LogP contribution in [0.3, 0.4) is 0 Å². The second-order valence-electron chi connectivity index (χ2n) is 14.0. The van der Waals surface area contributed by atoms with Gasteiger partial charge in [0, 0.05) is 32.4 Å². The molecule has 1 atom stereocenters. The van der Waals surface area contributed by atoms with E-state index >= 15 is 0 Å². The number of hydrogen-bond donors (Lipinski definition) is 1. The average molecular weight is 680 g/mol. The molecule has 1 unspecified atom stereocenters. The lowest BCUT2D eigenvalue weighted by molar-refractivity contribution is -0.918. The molecular formula is C38H69N3O5S. The van der Waals surface area contributed by atoms with Crippen molar-refractivity contribution in [3.05, 3.63) is 29.8 Å². The van der Waals surface area contributed by atoms with Crippen LogP contribution in [-0.2, 0) is 19.7 Å².